The molecule has 1 aromatic heterocycles. The van der Waals surface area contributed by atoms with E-state index in [-0.39, 0.29) is 11.8 Å². The Labute approximate surface area is 175 Å². The minimum Gasteiger partial charge on any atom is -0.326 e. The first kappa shape index (κ1) is 18.6. The smallest absolute Gasteiger partial charge is 0.228 e. The number of hydrogen-bond acceptors (Lipinski definition) is 5. The Kier molecular flexibility index (Phi) is 5.23. The van der Waals surface area contributed by atoms with Crippen LogP contribution in [0.5, 0.6) is 0 Å². The summed E-state index contributed by atoms with van der Waals surface area (Å²) in [7, 11) is 0. The topological polar surface area (TPSA) is 57.3 Å². The van der Waals surface area contributed by atoms with Gasteiger partial charge >= 0.3 is 0 Å². The van der Waals surface area contributed by atoms with Crippen molar-refractivity contribution in [1.82, 2.24) is 14.6 Å². The average Bonchev–Trinajstić information content (AvgIpc) is 3.56. The molecule has 2 aliphatic rings. The third-order valence-electron chi connectivity index (χ3n) is 5.65. The summed E-state index contributed by atoms with van der Waals surface area (Å²) in [4.78, 5) is 18.1. The van der Waals surface area contributed by atoms with E-state index in [1.165, 1.54) is 10.5 Å². The van der Waals surface area contributed by atoms with Crippen LogP contribution in [0.15, 0.2) is 65.8 Å². The van der Waals surface area contributed by atoms with Crippen molar-refractivity contribution in [3.05, 3.63) is 66.5 Å². The van der Waals surface area contributed by atoms with Crippen molar-refractivity contribution in [2.24, 2.45) is 5.92 Å². The maximum absolute atomic E-state index is 12.7. The van der Waals surface area contributed by atoms with Crippen LogP contribution in [0, 0.1) is 5.92 Å². The van der Waals surface area contributed by atoms with Crippen molar-refractivity contribution in [3.63, 3.8) is 0 Å². The summed E-state index contributed by atoms with van der Waals surface area (Å²) in [5.74, 6) is 0.510. The van der Waals surface area contributed by atoms with Crippen molar-refractivity contribution in [1.29, 1.82) is 0 Å². The number of aromatic nitrogens is 1. The van der Waals surface area contributed by atoms with E-state index in [1.807, 2.05) is 42.4 Å². The lowest BCUT2D eigenvalue weighted by molar-refractivity contribution is -0.117. The summed E-state index contributed by atoms with van der Waals surface area (Å²) in [5.41, 5.74) is 2.11. The molecular weight excluding hydrogens is 380 g/mol. The zero-order chi connectivity index (χ0) is 19.6. The van der Waals surface area contributed by atoms with Crippen molar-refractivity contribution in [2.45, 2.75) is 17.2 Å². The van der Waals surface area contributed by atoms with Crippen LogP contribution >= 0.6 is 11.9 Å². The second kappa shape index (κ2) is 8.14. The van der Waals surface area contributed by atoms with Crippen LogP contribution in [0.1, 0.15) is 17.9 Å². The monoisotopic (exact) mass is 404 g/mol. The number of anilines is 1. The van der Waals surface area contributed by atoms with E-state index in [2.05, 4.69) is 44.2 Å². The first-order chi connectivity index (χ1) is 14.3. The number of nitrogens with one attached hydrogen (secondary N) is 2. The molecule has 1 saturated carbocycles. The van der Waals surface area contributed by atoms with E-state index >= 15 is 0 Å². The van der Waals surface area contributed by atoms with Gasteiger partial charge in [0.1, 0.15) is 0 Å². The number of hydrogen-bond donors (Lipinski definition) is 2. The zero-order valence-corrected chi connectivity index (χ0v) is 17.0. The number of pyridine rings is 1. The van der Waals surface area contributed by atoms with Crippen LogP contribution < -0.4 is 10.6 Å². The maximum atomic E-state index is 12.7. The summed E-state index contributed by atoms with van der Waals surface area (Å²) in [6.45, 7) is 4.25. The second-order valence-electron chi connectivity index (χ2n) is 7.71. The maximum Gasteiger partial charge on any atom is 0.228 e. The molecule has 5 nitrogen and oxygen atoms in total. The molecule has 2 fully saturated rings. The molecule has 1 amide bonds. The molecule has 3 aromatic rings. The molecule has 0 spiro atoms. The average molecular weight is 405 g/mol. The molecule has 0 bridgehead atoms. The van der Waals surface area contributed by atoms with Crippen LogP contribution in [-0.2, 0) is 4.79 Å². The Bertz CT molecular complexity index is 1020. The summed E-state index contributed by atoms with van der Waals surface area (Å²) < 4.78 is 2.40. The van der Waals surface area contributed by atoms with Gasteiger partial charge in [0.2, 0.25) is 5.91 Å². The first-order valence-corrected chi connectivity index (χ1v) is 10.9. The van der Waals surface area contributed by atoms with Gasteiger partial charge in [0, 0.05) is 60.5 Å². The van der Waals surface area contributed by atoms with Gasteiger partial charge in [-0.1, -0.05) is 18.2 Å². The van der Waals surface area contributed by atoms with Gasteiger partial charge in [-0.05, 0) is 65.6 Å². The van der Waals surface area contributed by atoms with E-state index in [0.29, 0.717) is 5.92 Å². The highest BCUT2D eigenvalue weighted by Crippen LogP contribution is 2.48. The highest BCUT2D eigenvalue weighted by atomic mass is 32.2. The molecule has 5 rings (SSSR count). The number of nitrogens with zero attached hydrogens (tertiary/aromatic N) is 2. The Balaban J connectivity index is 1.19. The molecular formula is C23H24N4OS. The van der Waals surface area contributed by atoms with Crippen LogP contribution in [-0.4, -0.2) is 41.4 Å². The van der Waals surface area contributed by atoms with Crippen LogP contribution in [0.25, 0.3) is 10.8 Å². The Morgan fingerprint density at radius 3 is 2.72 bits per heavy atom. The first-order valence-electron chi connectivity index (χ1n) is 10.1. The molecule has 2 aromatic carbocycles. The van der Waals surface area contributed by atoms with E-state index < -0.39 is 0 Å². The van der Waals surface area contributed by atoms with Crippen molar-refractivity contribution < 1.29 is 4.79 Å². The zero-order valence-electron chi connectivity index (χ0n) is 16.2. The molecule has 1 unspecified atom stereocenters. The third kappa shape index (κ3) is 4.29. The van der Waals surface area contributed by atoms with Crippen LogP contribution in [0.3, 0.4) is 0 Å². The minimum absolute atomic E-state index is 0.0646. The van der Waals surface area contributed by atoms with E-state index in [1.54, 1.807) is 6.20 Å². The lowest BCUT2D eigenvalue weighted by Gasteiger charge is -2.25. The van der Waals surface area contributed by atoms with Gasteiger partial charge in [-0.3, -0.25) is 9.78 Å². The molecule has 1 aliphatic heterocycles. The normalized spacial score (nSPS) is 21.8. The number of amides is 1. The fourth-order valence-corrected chi connectivity index (χ4v) is 4.83. The number of carbonyl (C=O) groups excluding carboxylic acids is 1. The van der Waals surface area contributed by atoms with E-state index in [0.717, 1.165) is 49.1 Å². The van der Waals surface area contributed by atoms with Gasteiger partial charge in [0.25, 0.3) is 0 Å². The predicted octanol–water partition coefficient (Wildman–Crippen LogP) is 3.89. The SMILES string of the molecule is O=C(Nc1ccc2cnccc2c1)C1C[C@H]1c1ccc(SN2CCNCC2)cc1. The number of benzene rings is 2. The number of rotatable bonds is 5. The van der Waals surface area contributed by atoms with Gasteiger partial charge in [-0.25, -0.2) is 4.31 Å². The number of piperazine rings is 1. The molecule has 2 N–H and O–H groups in total. The summed E-state index contributed by atoms with van der Waals surface area (Å²) in [6, 6.07) is 16.7. The van der Waals surface area contributed by atoms with Crippen molar-refractivity contribution in [2.75, 3.05) is 31.5 Å². The van der Waals surface area contributed by atoms with Crippen molar-refractivity contribution >= 4 is 34.3 Å². The standard InChI is InChI=1S/C23H24N4OS/c28-23(26-19-4-1-18-15-25-8-7-17(18)13-19)22-14-21(22)16-2-5-20(6-3-16)29-27-11-9-24-10-12-27/h1-8,13,15,21-22,24H,9-12,14H2,(H,26,28)/t21-,22?/m0/s1. The van der Waals surface area contributed by atoms with Gasteiger partial charge in [0.05, 0.1) is 0 Å². The van der Waals surface area contributed by atoms with E-state index in [9.17, 15) is 4.79 Å². The molecule has 2 heterocycles. The summed E-state index contributed by atoms with van der Waals surface area (Å²) >= 11 is 1.82. The Morgan fingerprint density at radius 1 is 1.07 bits per heavy atom. The van der Waals surface area contributed by atoms with E-state index in [4.69, 9.17) is 0 Å². The van der Waals surface area contributed by atoms with Gasteiger partial charge in [-0.15, -0.1) is 0 Å². The lowest BCUT2D eigenvalue weighted by Crippen LogP contribution is -2.39. The Morgan fingerprint density at radius 2 is 1.90 bits per heavy atom. The van der Waals surface area contributed by atoms with Crippen LogP contribution in [0.4, 0.5) is 5.69 Å². The highest BCUT2D eigenvalue weighted by Gasteiger charge is 2.43. The Hall–Kier alpha value is -2.41. The molecule has 0 radical (unpaired) electrons. The molecule has 6 heteroatoms. The highest BCUT2D eigenvalue weighted by molar-refractivity contribution is 7.97. The molecule has 1 aliphatic carbocycles. The largest absolute Gasteiger partial charge is 0.326 e. The minimum atomic E-state index is 0.0646. The second-order valence-corrected chi connectivity index (χ2v) is 8.89. The van der Waals surface area contributed by atoms with Gasteiger partial charge in [0.15, 0.2) is 0 Å². The molecule has 148 valence electrons. The fraction of sp³-hybridized carbons (Fsp3) is 0.304. The lowest BCUT2D eigenvalue weighted by atomic mass is 10.1. The predicted molar refractivity (Wildman–Crippen MR) is 118 cm³/mol. The van der Waals surface area contributed by atoms with Crippen molar-refractivity contribution in [3.8, 4) is 0 Å². The summed E-state index contributed by atoms with van der Waals surface area (Å²) in [6.07, 6.45) is 4.53. The van der Waals surface area contributed by atoms with Crippen LogP contribution in [0.2, 0.25) is 0 Å². The quantitative estimate of drug-likeness (QED) is 0.632. The number of carbonyl (C=O) groups is 1. The molecule has 29 heavy (non-hydrogen) atoms. The molecule has 1 saturated heterocycles. The van der Waals surface area contributed by atoms with Gasteiger partial charge < -0.3 is 10.6 Å². The molecule has 2 atom stereocenters. The fourth-order valence-electron chi connectivity index (χ4n) is 3.91. The number of fused-ring (bicyclic) bond motifs is 1. The van der Waals surface area contributed by atoms with Gasteiger partial charge in [-0.2, -0.15) is 0 Å². The summed E-state index contributed by atoms with van der Waals surface area (Å²) in [5, 5.41) is 8.63. The third-order valence-corrected chi connectivity index (χ3v) is 6.76.